The van der Waals surface area contributed by atoms with E-state index >= 15 is 0 Å². The Hall–Kier alpha value is -2.94. The number of rotatable bonds is 3. The fraction of sp³-hybridized carbons (Fsp3) is 0. The van der Waals surface area contributed by atoms with Crippen LogP contribution in [0.3, 0.4) is 0 Å². The molecule has 0 saturated heterocycles. The SMILES string of the molecule is NC(N)=NC(=O)c1nc(Cl)c(Nc2ccccn2)nc1N. The summed E-state index contributed by atoms with van der Waals surface area (Å²) in [5.41, 5.74) is 15.7. The zero-order chi connectivity index (χ0) is 15.4. The van der Waals surface area contributed by atoms with Crippen LogP contribution in [0.2, 0.25) is 5.15 Å². The second kappa shape index (κ2) is 6.01. The molecule has 1 amide bonds. The first-order valence-corrected chi connectivity index (χ1v) is 6.00. The van der Waals surface area contributed by atoms with Crippen molar-refractivity contribution in [3.63, 3.8) is 0 Å². The molecule has 0 aromatic carbocycles. The van der Waals surface area contributed by atoms with E-state index in [1.54, 1.807) is 24.4 Å². The van der Waals surface area contributed by atoms with Crippen molar-refractivity contribution < 1.29 is 4.79 Å². The van der Waals surface area contributed by atoms with Crippen LogP contribution in [0.25, 0.3) is 0 Å². The lowest BCUT2D eigenvalue weighted by atomic mass is 10.4. The number of hydrogen-bond donors (Lipinski definition) is 4. The predicted octanol–water partition coefficient (Wildman–Crippen LogP) is 0.264. The van der Waals surface area contributed by atoms with Gasteiger partial charge in [-0.2, -0.15) is 4.99 Å². The van der Waals surface area contributed by atoms with Gasteiger partial charge in [-0.25, -0.2) is 15.0 Å². The number of amides is 1. The standard InChI is InChI=1S/C11H11ClN8O/c12-7-9(17-5-3-1-2-4-16-5)19-8(13)6(18-7)10(21)20-11(14)15/h1-4H,(H3,13,16,17,19)(H4,14,15,20,21). The number of aromatic nitrogens is 3. The van der Waals surface area contributed by atoms with Crippen molar-refractivity contribution in [2.75, 3.05) is 11.1 Å². The molecular formula is C11H11ClN8O. The third-order valence-corrected chi connectivity index (χ3v) is 2.49. The summed E-state index contributed by atoms with van der Waals surface area (Å²) in [6.07, 6.45) is 1.59. The highest BCUT2D eigenvalue weighted by Crippen LogP contribution is 2.23. The molecule has 2 aromatic heterocycles. The number of guanidine groups is 1. The van der Waals surface area contributed by atoms with Crippen molar-refractivity contribution >= 4 is 40.9 Å². The Morgan fingerprint density at radius 2 is 2.05 bits per heavy atom. The summed E-state index contributed by atoms with van der Waals surface area (Å²) in [6.45, 7) is 0. The highest BCUT2D eigenvalue weighted by Gasteiger charge is 2.17. The lowest BCUT2D eigenvalue weighted by molar-refractivity contribution is 0.0998. The van der Waals surface area contributed by atoms with Crippen LogP contribution in [0.5, 0.6) is 0 Å². The average molecular weight is 307 g/mol. The van der Waals surface area contributed by atoms with Gasteiger partial charge in [0.25, 0.3) is 0 Å². The Morgan fingerprint density at radius 1 is 1.29 bits per heavy atom. The number of halogens is 1. The van der Waals surface area contributed by atoms with Gasteiger partial charge in [-0.05, 0) is 12.1 Å². The predicted molar refractivity (Wildman–Crippen MR) is 79.1 cm³/mol. The van der Waals surface area contributed by atoms with Crippen LogP contribution < -0.4 is 22.5 Å². The summed E-state index contributed by atoms with van der Waals surface area (Å²) in [5.74, 6) is -0.738. The number of aliphatic imine (C=N–C) groups is 1. The van der Waals surface area contributed by atoms with Gasteiger partial charge in [0.05, 0.1) is 0 Å². The Bertz CT molecular complexity index is 699. The first-order chi connectivity index (χ1) is 9.97. The van der Waals surface area contributed by atoms with Crippen LogP contribution >= 0.6 is 11.6 Å². The van der Waals surface area contributed by atoms with Crippen LogP contribution in [0.4, 0.5) is 17.5 Å². The number of nitrogen functional groups attached to an aromatic ring is 1. The quantitative estimate of drug-likeness (QED) is 0.464. The topological polar surface area (TPSA) is 158 Å². The van der Waals surface area contributed by atoms with E-state index in [2.05, 4.69) is 25.3 Å². The van der Waals surface area contributed by atoms with Crippen molar-refractivity contribution in [3.8, 4) is 0 Å². The summed E-state index contributed by atoms with van der Waals surface area (Å²) in [6, 6.07) is 5.23. The molecular weight excluding hydrogens is 296 g/mol. The molecule has 2 heterocycles. The van der Waals surface area contributed by atoms with E-state index in [1.165, 1.54) is 0 Å². The van der Waals surface area contributed by atoms with Crippen molar-refractivity contribution in [1.29, 1.82) is 0 Å². The second-order valence-corrected chi connectivity index (χ2v) is 4.14. The summed E-state index contributed by atoms with van der Waals surface area (Å²) in [4.78, 5) is 26.8. The monoisotopic (exact) mass is 306 g/mol. The molecule has 108 valence electrons. The van der Waals surface area contributed by atoms with E-state index in [-0.39, 0.29) is 22.5 Å². The number of hydrogen-bond acceptors (Lipinski definition) is 6. The molecule has 0 aliphatic heterocycles. The highest BCUT2D eigenvalue weighted by molar-refractivity contribution is 6.32. The van der Waals surface area contributed by atoms with Crippen molar-refractivity contribution in [3.05, 3.63) is 35.2 Å². The molecule has 0 fully saturated rings. The summed E-state index contributed by atoms with van der Waals surface area (Å²) in [5, 5.41) is 2.76. The fourth-order valence-electron chi connectivity index (χ4n) is 1.39. The number of pyridine rings is 1. The minimum Gasteiger partial charge on any atom is -0.382 e. The lowest BCUT2D eigenvalue weighted by Crippen LogP contribution is -2.24. The van der Waals surface area contributed by atoms with E-state index in [0.717, 1.165) is 0 Å². The molecule has 9 nitrogen and oxygen atoms in total. The Morgan fingerprint density at radius 3 is 2.67 bits per heavy atom. The maximum atomic E-state index is 11.7. The number of anilines is 3. The summed E-state index contributed by atoms with van der Waals surface area (Å²) < 4.78 is 0. The highest BCUT2D eigenvalue weighted by atomic mass is 35.5. The molecule has 0 atom stereocenters. The van der Waals surface area contributed by atoms with Gasteiger partial charge in [0, 0.05) is 6.20 Å². The van der Waals surface area contributed by atoms with Gasteiger partial charge in [-0.3, -0.25) is 4.79 Å². The van der Waals surface area contributed by atoms with Crippen LogP contribution in [-0.4, -0.2) is 26.8 Å². The van der Waals surface area contributed by atoms with Gasteiger partial charge in [-0.15, -0.1) is 0 Å². The maximum absolute atomic E-state index is 11.7. The largest absolute Gasteiger partial charge is 0.382 e. The Kier molecular flexibility index (Phi) is 4.14. The average Bonchev–Trinajstić information content (AvgIpc) is 2.42. The maximum Gasteiger partial charge on any atom is 0.302 e. The molecule has 0 aliphatic rings. The van der Waals surface area contributed by atoms with Crippen molar-refractivity contribution in [2.24, 2.45) is 16.5 Å². The smallest absolute Gasteiger partial charge is 0.302 e. The third kappa shape index (κ3) is 3.54. The number of nitrogens with zero attached hydrogens (tertiary/aromatic N) is 4. The molecule has 0 unspecified atom stereocenters. The molecule has 2 rings (SSSR count). The Balaban J connectivity index is 2.33. The zero-order valence-corrected chi connectivity index (χ0v) is 11.4. The summed E-state index contributed by atoms with van der Waals surface area (Å²) in [7, 11) is 0. The minimum absolute atomic E-state index is 0.0657. The van der Waals surface area contributed by atoms with Crippen LogP contribution in [-0.2, 0) is 0 Å². The van der Waals surface area contributed by atoms with Crippen LogP contribution in [0, 0.1) is 0 Å². The number of nitrogens with one attached hydrogen (secondary N) is 1. The van der Waals surface area contributed by atoms with Gasteiger partial charge >= 0.3 is 5.91 Å². The van der Waals surface area contributed by atoms with Gasteiger partial charge < -0.3 is 22.5 Å². The van der Waals surface area contributed by atoms with Gasteiger partial charge in [0.2, 0.25) is 0 Å². The molecule has 21 heavy (non-hydrogen) atoms. The first-order valence-electron chi connectivity index (χ1n) is 5.62. The molecule has 0 spiro atoms. The lowest BCUT2D eigenvalue weighted by Gasteiger charge is -2.08. The van der Waals surface area contributed by atoms with Crippen molar-refractivity contribution in [1.82, 2.24) is 15.0 Å². The summed E-state index contributed by atoms with van der Waals surface area (Å²) >= 11 is 5.95. The first kappa shape index (κ1) is 14.5. The minimum atomic E-state index is -0.828. The Labute approximate surface area is 124 Å². The normalized spacial score (nSPS) is 9.95. The zero-order valence-electron chi connectivity index (χ0n) is 10.6. The van der Waals surface area contributed by atoms with E-state index in [1.807, 2.05) is 0 Å². The number of carbonyl (C=O) groups excluding carboxylic acids is 1. The van der Waals surface area contributed by atoms with Crippen molar-refractivity contribution in [2.45, 2.75) is 0 Å². The van der Waals surface area contributed by atoms with Gasteiger partial charge in [-0.1, -0.05) is 17.7 Å². The second-order valence-electron chi connectivity index (χ2n) is 3.78. The molecule has 10 heteroatoms. The number of nitrogens with two attached hydrogens (primary N) is 3. The fourth-order valence-corrected chi connectivity index (χ4v) is 1.57. The number of carbonyl (C=O) groups is 1. The van der Waals surface area contributed by atoms with Gasteiger partial charge in [0.15, 0.2) is 28.4 Å². The van der Waals surface area contributed by atoms with E-state index in [4.69, 9.17) is 28.8 Å². The third-order valence-electron chi connectivity index (χ3n) is 2.22. The van der Waals surface area contributed by atoms with Gasteiger partial charge in [0.1, 0.15) is 5.82 Å². The molecule has 0 aliphatic carbocycles. The molecule has 2 aromatic rings. The van der Waals surface area contributed by atoms with Crippen LogP contribution in [0.15, 0.2) is 29.4 Å². The molecule has 0 radical (unpaired) electrons. The van der Waals surface area contributed by atoms with E-state index in [9.17, 15) is 4.79 Å². The molecule has 7 N–H and O–H groups in total. The van der Waals surface area contributed by atoms with Crippen LogP contribution in [0.1, 0.15) is 10.5 Å². The molecule has 0 bridgehead atoms. The van der Waals surface area contributed by atoms with E-state index < -0.39 is 11.9 Å². The molecule has 0 saturated carbocycles. The van der Waals surface area contributed by atoms with E-state index in [0.29, 0.717) is 5.82 Å².